The zero-order chi connectivity index (χ0) is 20.3. The third kappa shape index (κ3) is 4.02. The van der Waals surface area contributed by atoms with Crippen LogP contribution in [0.25, 0.3) is 5.65 Å². The van der Waals surface area contributed by atoms with Gasteiger partial charge in [-0.05, 0) is 37.3 Å². The summed E-state index contributed by atoms with van der Waals surface area (Å²) in [6, 6.07) is 8.56. The second-order valence-electron chi connectivity index (χ2n) is 7.70. The first-order valence-electron chi connectivity index (χ1n) is 9.97. The third-order valence-corrected chi connectivity index (χ3v) is 5.76. The van der Waals surface area contributed by atoms with E-state index in [1.807, 2.05) is 0 Å². The summed E-state index contributed by atoms with van der Waals surface area (Å²) in [4.78, 5) is 17.3. The molecule has 2 N–H and O–H groups in total. The van der Waals surface area contributed by atoms with Crippen LogP contribution in [0.4, 0.5) is 0 Å². The number of fused-ring (bicyclic) bond motifs is 1. The minimum Gasteiger partial charge on any atom is -0.396 e. The number of nitrogens with one attached hydrogen (secondary N) is 1. The monoisotopic (exact) mass is 394 g/mol. The van der Waals surface area contributed by atoms with Crippen LogP contribution in [0.3, 0.4) is 0 Å². The standard InChI is InChI=1S/C22H26N4O3/c1-16-2-4-18(5-3-16)22(7-10-29-11-8-22)15-24-21(28)19-13-25-26-14-17(6-9-27)12-23-20(19)26/h2-5,12-14,27H,6-11,15H2,1H3,(H,24,28). The number of rotatable bonds is 6. The molecule has 0 aliphatic carbocycles. The van der Waals surface area contributed by atoms with Gasteiger partial charge in [0.15, 0.2) is 5.65 Å². The predicted octanol–water partition coefficient (Wildman–Crippen LogP) is 2.05. The molecule has 1 aliphatic rings. The van der Waals surface area contributed by atoms with E-state index >= 15 is 0 Å². The van der Waals surface area contributed by atoms with Crippen LogP contribution in [0.15, 0.2) is 42.9 Å². The third-order valence-electron chi connectivity index (χ3n) is 5.76. The van der Waals surface area contributed by atoms with Crippen LogP contribution in [-0.2, 0) is 16.6 Å². The minimum absolute atomic E-state index is 0.0482. The molecule has 0 unspecified atom stereocenters. The lowest BCUT2D eigenvalue weighted by Crippen LogP contribution is -2.44. The van der Waals surface area contributed by atoms with Crippen molar-refractivity contribution in [3.05, 3.63) is 65.1 Å². The first-order chi connectivity index (χ1) is 14.1. The van der Waals surface area contributed by atoms with E-state index in [1.54, 1.807) is 23.1 Å². The van der Waals surface area contributed by atoms with Crippen molar-refractivity contribution in [1.82, 2.24) is 19.9 Å². The number of aliphatic hydroxyl groups excluding tert-OH is 1. The molecule has 0 bridgehead atoms. The van der Waals surface area contributed by atoms with Crippen molar-refractivity contribution in [1.29, 1.82) is 0 Å². The van der Waals surface area contributed by atoms with Crippen molar-refractivity contribution in [2.45, 2.75) is 31.6 Å². The fourth-order valence-corrected chi connectivity index (χ4v) is 3.91. The summed E-state index contributed by atoms with van der Waals surface area (Å²) in [7, 11) is 0. The number of aromatic nitrogens is 3. The van der Waals surface area contributed by atoms with E-state index in [1.165, 1.54) is 11.1 Å². The molecule has 1 fully saturated rings. The normalized spacial score (nSPS) is 16.1. The Morgan fingerprint density at radius 3 is 2.72 bits per heavy atom. The highest BCUT2D eigenvalue weighted by molar-refractivity contribution is 5.99. The summed E-state index contributed by atoms with van der Waals surface area (Å²) in [6.07, 6.45) is 7.26. The number of aryl methyl sites for hydroxylation is 1. The van der Waals surface area contributed by atoms with Crippen molar-refractivity contribution < 1.29 is 14.6 Å². The molecule has 3 aromatic rings. The van der Waals surface area contributed by atoms with Gasteiger partial charge in [-0.25, -0.2) is 9.50 Å². The van der Waals surface area contributed by atoms with Crippen molar-refractivity contribution in [3.8, 4) is 0 Å². The first-order valence-corrected chi connectivity index (χ1v) is 9.97. The van der Waals surface area contributed by atoms with Gasteiger partial charge >= 0.3 is 0 Å². The average Bonchev–Trinajstić information content (AvgIpc) is 3.17. The molecule has 4 rings (SSSR count). The number of ether oxygens (including phenoxy) is 1. The molecule has 152 valence electrons. The molecule has 7 heteroatoms. The molecular weight excluding hydrogens is 368 g/mol. The van der Waals surface area contributed by atoms with Crippen molar-refractivity contribution in [2.24, 2.45) is 0 Å². The maximum atomic E-state index is 12.9. The van der Waals surface area contributed by atoms with E-state index in [2.05, 4.69) is 46.6 Å². The molecule has 29 heavy (non-hydrogen) atoms. The van der Waals surface area contributed by atoms with E-state index in [4.69, 9.17) is 9.84 Å². The second kappa shape index (κ2) is 8.31. The van der Waals surface area contributed by atoms with Crippen LogP contribution in [-0.4, -0.2) is 52.0 Å². The molecule has 1 aromatic carbocycles. The molecule has 2 aromatic heterocycles. The zero-order valence-electron chi connectivity index (χ0n) is 16.6. The van der Waals surface area contributed by atoms with Gasteiger partial charge < -0.3 is 15.2 Å². The molecule has 0 spiro atoms. The fourth-order valence-electron chi connectivity index (χ4n) is 3.91. The quantitative estimate of drug-likeness (QED) is 0.668. The van der Waals surface area contributed by atoms with Crippen molar-refractivity contribution in [3.63, 3.8) is 0 Å². The van der Waals surface area contributed by atoms with Crippen LogP contribution in [0, 0.1) is 6.92 Å². The number of hydrogen-bond acceptors (Lipinski definition) is 5. The van der Waals surface area contributed by atoms with Crippen LogP contribution < -0.4 is 5.32 Å². The van der Waals surface area contributed by atoms with Crippen molar-refractivity contribution >= 4 is 11.6 Å². The van der Waals surface area contributed by atoms with E-state index in [0.29, 0.717) is 37.4 Å². The molecule has 1 amide bonds. The van der Waals surface area contributed by atoms with E-state index in [-0.39, 0.29) is 17.9 Å². The van der Waals surface area contributed by atoms with Crippen LogP contribution in [0.1, 0.15) is 39.9 Å². The van der Waals surface area contributed by atoms with Gasteiger partial charge in [-0.15, -0.1) is 0 Å². The van der Waals surface area contributed by atoms with Gasteiger partial charge in [0, 0.05) is 44.2 Å². The van der Waals surface area contributed by atoms with Gasteiger partial charge in [0.25, 0.3) is 5.91 Å². The molecule has 1 aliphatic heterocycles. The lowest BCUT2D eigenvalue weighted by molar-refractivity contribution is 0.0487. The maximum Gasteiger partial charge on any atom is 0.256 e. The van der Waals surface area contributed by atoms with Gasteiger partial charge in [-0.3, -0.25) is 4.79 Å². The summed E-state index contributed by atoms with van der Waals surface area (Å²) < 4.78 is 7.17. The SMILES string of the molecule is Cc1ccc(C2(CNC(=O)c3cnn4cc(CCO)cnc34)CCOCC2)cc1. The summed E-state index contributed by atoms with van der Waals surface area (Å²) >= 11 is 0. The Bertz CT molecular complexity index is 991. The minimum atomic E-state index is -0.180. The highest BCUT2D eigenvalue weighted by atomic mass is 16.5. The average molecular weight is 394 g/mol. The Balaban J connectivity index is 1.54. The van der Waals surface area contributed by atoms with E-state index < -0.39 is 0 Å². The number of hydrogen-bond donors (Lipinski definition) is 2. The first kappa shape index (κ1) is 19.5. The Hall–Kier alpha value is -2.77. The van der Waals surface area contributed by atoms with Crippen LogP contribution in [0.5, 0.6) is 0 Å². The lowest BCUT2D eigenvalue weighted by atomic mass is 9.74. The summed E-state index contributed by atoms with van der Waals surface area (Å²) in [6.45, 7) is 4.04. The van der Waals surface area contributed by atoms with Crippen LogP contribution in [0.2, 0.25) is 0 Å². The molecule has 3 heterocycles. The van der Waals surface area contributed by atoms with Crippen molar-refractivity contribution in [2.75, 3.05) is 26.4 Å². The van der Waals surface area contributed by atoms with Gasteiger partial charge in [-0.1, -0.05) is 29.8 Å². The number of nitrogens with zero attached hydrogens (tertiary/aromatic N) is 3. The maximum absolute atomic E-state index is 12.9. The predicted molar refractivity (Wildman–Crippen MR) is 109 cm³/mol. The van der Waals surface area contributed by atoms with Gasteiger partial charge in [0.1, 0.15) is 5.56 Å². The number of carbonyl (C=O) groups excluding carboxylic acids is 1. The number of carbonyl (C=O) groups is 1. The number of benzene rings is 1. The highest BCUT2D eigenvalue weighted by Gasteiger charge is 2.35. The molecule has 0 atom stereocenters. The molecule has 0 saturated carbocycles. The fraction of sp³-hybridized carbons (Fsp3) is 0.409. The topological polar surface area (TPSA) is 88.8 Å². The smallest absolute Gasteiger partial charge is 0.256 e. The Morgan fingerprint density at radius 2 is 2.00 bits per heavy atom. The van der Waals surface area contributed by atoms with E-state index in [9.17, 15) is 4.79 Å². The highest BCUT2D eigenvalue weighted by Crippen LogP contribution is 2.34. The van der Waals surface area contributed by atoms with Gasteiger partial charge in [0.05, 0.1) is 6.20 Å². The molecular formula is C22H26N4O3. The number of amides is 1. The summed E-state index contributed by atoms with van der Waals surface area (Å²) in [5, 5.41) is 16.4. The van der Waals surface area contributed by atoms with E-state index in [0.717, 1.165) is 18.4 Å². The Morgan fingerprint density at radius 1 is 1.24 bits per heavy atom. The second-order valence-corrected chi connectivity index (χ2v) is 7.70. The van der Waals surface area contributed by atoms with Crippen LogP contribution >= 0.6 is 0 Å². The molecule has 1 saturated heterocycles. The summed E-state index contributed by atoms with van der Waals surface area (Å²) in [5.41, 5.74) is 4.16. The largest absolute Gasteiger partial charge is 0.396 e. The summed E-state index contributed by atoms with van der Waals surface area (Å²) in [5.74, 6) is -0.180. The Labute approximate surface area is 169 Å². The van der Waals surface area contributed by atoms with Gasteiger partial charge in [0.2, 0.25) is 0 Å². The molecule has 0 radical (unpaired) electrons. The number of aliphatic hydroxyl groups is 1. The lowest BCUT2D eigenvalue weighted by Gasteiger charge is -2.38. The zero-order valence-corrected chi connectivity index (χ0v) is 16.6. The molecule has 7 nitrogen and oxygen atoms in total. The van der Waals surface area contributed by atoms with Gasteiger partial charge in [-0.2, -0.15) is 5.10 Å². The Kier molecular flexibility index (Phi) is 5.60.